The molecule has 17 heavy (non-hydrogen) atoms. The molecule has 0 aromatic heterocycles. The predicted octanol–water partition coefficient (Wildman–Crippen LogP) is 0.304. The molecule has 0 aliphatic carbocycles. The molecule has 4 saturated heterocycles. The number of hydrogen-bond donors (Lipinski definition) is 0. The molecular weight excluding hydrogens is 224 g/mol. The molecule has 4 aliphatic rings. The van der Waals surface area contributed by atoms with Gasteiger partial charge < -0.3 is 24.4 Å². The van der Waals surface area contributed by atoms with Crippen LogP contribution in [0.1, 0.15) is 25.7 Å². The summed E-state index contributed by atoms with van der Waals surface area (Å²) in [6, 6.07) is 0. The van der Waals surface area contributed by atoms with Crippen LogP contribution in [-0.4, -0.2) is 56.3 Å². The van der Waals surface area contributed by atoms with Crippen LogP contribution in [0.4, 0.5) is 0 Å². The normalized spacial score (nSPS) is 39.5. The average molecular weight is 246 g/mol. The third kappa shape index (κ3) is 6.33. The van der Waals surface area contributed by atoms with Gasteiger partial charge in [0.05, 0.1) is 50.8 Å². The van der Waals surface area contributed by atoms with Gasteiger partial charge in [-0.25, -0.2) is 0 Å². The van der Waals surface area contributed by atoms with E-state index in [2.05, 4.69) is 0 Å². The standard InChI is InChI=1S/2C6H10O2.H2O/c2*1(5-3-7-5)2-6-4-8-6;/h2*5-6H,1-4H2;1H2. The van der Waals surface area contributed by atoms with Gasteiger partial charge in [0.1, 0.15) is 0 Å². The fraction of sp³-hybridized carbons (Fsp3) is 1.00. The minimum absolute atomic E-state index is 0. The summed E-state index contributed by atoms with van der Waals surface area (Å²) in [5.74, 6) is 0. The monoisotopic (exact) mass is 246 g/mol. The number of epoxide rings is 4. The van der Waals surface area contributed by atoms with Gasteiger partial charge in [0, 0.05) is 0 Å². The zero-order valence-electron chi connectivity index (χ0n) is 10.1. The average Bonchev–Trinajstić information content (AvgIpc) is 3.13. The van der Waals surface area contributed by atoms with Crippen LogP contribution < -0.4 is 0 Å². The van der Waals surface area contributed by atoms with Crippen LogP contribution in [-0.2, 0) is 18.9 Å². The molecule has 0 aromatic carbocycles. The lowest BCUT2D eigenvalue weighted by Gasteiger charge is -1.86. The van der Waals surface area contributed by atoms with Crippen molar-refractivity contribution in [1.82, 2.24) is 0 Å². The highest BCUT2D eigenvalue weighted by Crippen LogP contribution is 2.23. The van der Waals surface area contributed by atoms with E-state index in [0.29, 0.717) is 24.4 Å². The van der Waals surface area contributed by atoms with Crippen molar-refractivity contribution in [2.75, 3.05) is 26.4 Å². The molecule has 4 unspecified atom stereocenters. The number of ether oxygens (including phenoxy) is 4. The summed E-state index contributed by atoms with van der Waals surface area (Å²) >= 11 is 0. The van der Waals surface area contributed by atoms with Gasteiger partial charge in [-0.05, 0) is 25.7 Å². The third-order valence-electron chi connectivity index (χ3n) is 3.23. The summed E-state index contributed by atoms with van der Waals surface area (Å²) in [6.45, 7) is 3.97. The molecular formula is C12H22O5. The van der Waals surface area contributed by atoms with Gasteiger partial charge in [0.25, 0.3) is 0 Å². The summed E-state index contributed by atoms with van der Waals surface area (Å²) in [6.07, 6.45) is 7.24. The first kappa shape index (κ1) is 13.2. The molecule has 0 radical (unpaired) electrons. The van der Waals surface area contributed by atoms with Crippen molar-refractivity contribution in [2.24, 2.45) is 0 Å². The van der Waals surface area contributed by atoms with Crippen molar-refractivity contribution in [3.05, 3.63) is 0 Å². The maximum absolute atomic E-state index is 5.03. The summed E-state index contributed by atoms with van der Waals surface area (Å²) in [5, 5.41) is 0. The number of hydrogen-bond acceptors (Lipinski definition) is 4. The lowest BCUT2D eigenvalue weighted by Crippen LogP contribution is -1.89. The van der Waals surface area contributed by atoms with Crippen LogP contribution in [0, 0.1) is 0 Å². The van der Waals surface area contributed by atoms with Crippen molar-refractivity contribution in [3.63, 3.8) is 0 Å². The van der Waals surface area contributed by atoms with Gasteiger partial charge in [0.15, 0.2) is 0 Å². The Labute approximate surface area is 102 Å². The minimum atomic E-state index is 0. The molecule has 0 amide bonds. The van der Waals surface area contributed by atoms with Crippen LogP contribution in [0.25, 0.3) is 0 Å². The van der Waals surface area contributed by atoms with Crippen LogP contribution in [0.2, 0.25) is 0 Å². The van der Waals surface area contributed by atoms with E-state index in [4.69, 9.17) is 18.9 Å². The van der Waals surface area contributed by atoms with Crippen LogP contribution in [0.15, 0.2) is 0 Å². The SMILES string of the molecule is C(CC1CO1)C1CO1.C(CC1CO1)C1CO1.O. The Morgan fingerprint density at radius 3 is 0.824 bits per heavy atom. The minimum Gasteiger partial charge on any atom is -0.412 e. The second-order valence-corrected chi connectivity index (χ2v) is 4.98. The van der Waals surface area contributed by atoms with Gasteiger partial charge in [0.2, 0.25) is 0 Å². The molecule has 4 aliphatic heterocycles. The Hall–Kier alpha value is -0.200. The Bertz CT molecular complexity index is 171. The van der Waals surface area contributed by atoms with Gasteiger partial charge in [-0.2, -0.15) is 0 Å². The van der Waals surface area contributed by atoms with Crippen LogP contribution >= 0.6 is 0 Å². The van der Waals surface area contributed by atoms with E-state index >= 15 is 0 Å². The number of rotatable bonds is 6. The van der Waals surface area contributed by atoms with Crippen molar-refractivity contribution in [3.8, 4) is 0 Å². The topological polar surface area (TPSA) is 81.6 Å². The summed E-state index contributed by atoms with van der Waals surface area (Å²) in [7, 11) is 0. The van der Waals surface area contributed by atoms with Gasteiger partial charge in [-0.15, -0.1) is 0 Å². The van der Waals surface area contributed by atoms with E-state index in [1.54, 1.807) is 0 Å². The third-order valence-corrected chi connectivity index (χ3v) is 3.23. The van der Waals surface area contributed by atoms with Gasteiger partial charge in [-0.3, -0.25) is 0 Å². The van der Waals surface area contributed by atoms with E-state index in [-0.39, 0.29) is 5.48 Å². The molecule has 0 bridgehead atoms. The first-order valence-electron chi connectivity index (χ1n) is 6.36. The molecule has 5 nitrogen and oxygen atoms in total. The second-order valence-electron chi connectivity index (χ2n) is 4.98. The molecule has 4 heterocycles. The van der Waals surface area contributed by atoms with Crippen molar-refractivity contribution in [1.29, 1.82) is 0 Å². The molecule has 5 heteroatoms. The van der Waals surface area contributed by atoms with Crippen molar-refractivity contribution >= 4 is 0 Å². The van der Waals surface area contributed by atoms with Gasteiger partial charge >= 0.3 is 0 Å². The highest BCUT2D eigenvalue weighted by atomic mass is 16.6. The summed E-state index contributed by atoms with van der Waals surface area (Å²) in [4.78, 5) is 0. The molecule has 0 aromatic rings. The molecule has 2 N–H and O–H groups in total. The highest BCUT2D eigenvalue weighted by molar-refractivity contribution is 4.76. The fourth-order valence-corrected chi connectivity index (χ4v) is 1.68. The van der Waals surface area contributed by atoms with Crippen LogP contribution in [0.5, 0.6) is 0 Å². The van der Waals surface area contributed by atoms with Crippen LogP contribution in [0.3, 0.4) is 0 Å². The Balaban J connectivity index is 0.000000120. The second kappa shape index (κ2) is 6.11. The Morgan fingerprint density at radius 1 is 0.529 bits per heavy atom. The summed E-state index contributed by atoms with van der Waals surface area (Å²) < 4.78 is 20.1. The first-order valence-corrected chi connectivity index (χ1v) is 6.36. The van der Waals surface area contributed by atoms with Gasteiger partial charge in [-0.1, -0.05) is 0 Å². The van der Waals surface area contributed by atoms with E-state index < -0.39 is 0 Å². The van der Waals surface area contributed by atoms with Crippen molar-refractivity contribution in [2.45, 2.75) is 50.1 Å². The fourth-order valence-electron chi connectivity index (χ4n) is 1.68. The quantitative estimate of drug-likeness (QED) is 0.631. The first-order chi connectivity index (χ1) is 7.90. The Kier molecular flexibility index (Phi) is 4.76. The zero-order valence-corrected chi connectivity index (χ0v) is 10.1. The van der Waals surface area contributed by atoms with Crippen molar-refractivity contribution < 1.29 is 24.4 Å². The van der Waals surface area contributed by atoms with E-state index in [1.807, 2.05) is 0 Å². The summed E-state index contributed by atoms with van der Waals surface area (Å²) in [5.41, 5.74) is 0. The zero-order chi connectivity index (χ0) is 10.8. The lowest BCUT2D eigenvalue weighted by atomic mass is 10.2. The molecule has 0 spiro atoms. The van der Waals surface area contributed by atoms with E-state index in [1.165, 1.54) is 25.7 Å². The Morgan fingerprint density at radius 2 is 0.706 bits per heavy atom. The van der Waals surface area contributed by atoms with E-state index in [9.17, 15) is 0 Å². The molecule has 4 atom stereocenters. The maximum Gasteiger partial charge on any atom is 0.0810 e. The smallest absolute Gasteiger partial charge is 0.0810 e. The molecule has 4 rings (SSSR count). The molecule has 100 valence electrons. The predicted molar refractivity (Wildman–Crippen MR) is 61.0 cm³/mol. The molecule has 0 saturated carbocycles. The largest absolute Gasteiger partial charge is 0.412 e. The highest BCUT2D eigenvalue weighted by Gasteiger charge is 2.29. The van der Waals surface area contributed by atoms with E-state index in [0.717, 1.165) is 26.4 Å². The maximum atomic E-state index is 5.03. The lowest BCUT2D eigenvalue weighted by molar-refractivity contribution is 0.356. The molecule has 4 fully saturated rings.